The Kier molecular flexibility index (Phi) is 3.47. The molecule has 2 N–H and O–H groups in total. The van der Waals surface area contributed by atoms with E-state index in [1.807, 2.05) is 0 Å². The zero-order valence-corrected chi connectivity index (χ0v) is 8.73. The van der Waals surface area contributed by atoms with Crippen LogP contribution in [0.25, 0.3) is 0 Å². The number of nitrogens with zero attached hydrogens (tertiary/aromatic N) is 1. The van der Waals surface area contributed by atoms with Gasteiger partial charge in [-0.3, -0.25) is 4.90 Å². The second-order valence-corrected chi connectivity index (χ2v) is 4.26. The molecule has 1 rings (SSSR count). The minimum Gasteiger partial charge on any atom is -0.393 e. The summed E-state index contributed by atoms with van der Waals surface area (Å²) in [6.07, 6.45) is 2.65. The normalized spacial score (nSPS) is 27.3. The second-order valence-electron chi connectivity index (χ2n) is 3.79. The van der Waals surface area contributed by atoms with Crippen LogP contribution in [0.1, 0.15) is 26.7 Å². The lowest BCUT2D eigenvalue weighted by molar-refractivity contribution is 0.254. The molecular weight excluding hydrogens is 168 g/mol. The smallest absolute Gasteiger partial charge is 0.0768 e. The van der Waals surface area contributed by atoms with Gasteiger partial charge >= 0.3 is 0 Å². The third-order valence-electron chi connectivity index (χ3n) is 2.68. The Morgan fingerprint density at radius 3 is 2.83 bits per heavy atom. The van der Waals surface area contributed by atoms with Crippen molar-refractivity contribution in [2.45, 2.75) is 32.7 Å². The first-order valence-electron chi connectivity index (χ1n) is 4.64. The fraction of sp³-hybridized carbons (Fsp3) is 0.889. The van der Waals surface area contributed by atoms with Crippen molar-refractivity contribution in [3.8, 4) is 0 Å². The number of rotatable bonds is 3. The molecule has 0 aromatic rings. The van der Waals surface area contributed by atoms with Crippen molar-refractivity contribution in [1.29, 1.82) is 0 Å². The van der Waals surface area contributed by atoms with Crippen molar-refractivity contribution >= 4 is 17.2 Å². The quantitative estimate of drug-likeness (QED) is 0.675. The fourth-order valence-electron chi connectivity index (χ4n) is 1.71. The highest BCUT2D eigenvalue weighted by Crippen LogP contribution is 2.17. The summed E-state index contributed by atoms with van der Waals surface area (Å²) >= 11 is 4.94. The summed E-state index contributed by atoms with van der Waals surface area (Å²) in [5.74, 6) is 0.362. The van der Waals surface area contributed by atoms with Gasteiger partial charge in [-0.25, -0.2) is 0 Å². The second kappa shape index (κ2) is 4.19. The molecule has 0 aromatic carbocycles. The first-order valence-corrected chi connectivity index (χ1v) is 5.05. The van der Waals surface area contributed by atoms with E-state index in [2.05, 4.69) is 18.7 Å². The molecule has 1 heterocycles. The molecule has 1 aliphatic heterocycles. The molecular formula is C9H18N2S. The van der Waals surface area contributed by atoms with Crippen LogP contribution in [0.2, 0.25) is 0 Å². The van der Waals surface area contributed by atoms with Crippen LogP contribution in [-0.2, 0) is 0 Å². The minimum atomic E-state index is 0.362. The van der Waals surface area contributed by atoms with Gasteiger partial charge in [-0.2, -0.15) is 0 Å². The Balaban J connectivity index is 2.35. The highest BCUT2D eigenvalue weighted by atomic mass is 32.1. The largest absolute Gasteiger partial charge is 0.393 e. The van der Waals surface area contributed by atoms with Gasteiger partial charge in [0, 0.05) is 18.5 Å². The van der Waals surface area contributed by atoms with E-state index in [0.29, 0.717) is 10.9 Å². The highest BCUT2D eigenvalue weighted by molar-refractivity contribution is 7.80. The van der Waals surface area contributed by atoms with Crippen molar-refractivity contribution in [3.05, 3.63) is 0 Å². The van der Waals surface area contributed by atoms with Crippen LogP contribution >= 0.6 is 12.2 Å². The van der Waals surface area contributed by atoms with Gasteiger partial charge in [-0.1, -0.05) is 19.1 Å². The van der Waals surface area contributed by atoms with Gasteiger partial charge in [0.25, 0.3) is 0 Å². The summed E-state index contributed by atoms with van der Waals surface area (Å²) in [4.78, 5) is 3.12. The maximum atomic E-state index is 5.56. The van der Waals surface area contributed by atoms with Crippen LogP contribution in [-0.4, -0.2) is 29.0 Å². The van der Waals surface area contributed by atoms with Crippen molar-refractivity contribution in [2.24, 2.45) is 11.7 Å². The van der Waals surface area contributed by atoms with Crippen molar-refractivity contribution in [2.75, 3.05) is 13.1 Å². The van der Waals surface area contributed by atoms with Gasteiger partial charge in [-0.05, 0) is 26.3 Å². The Bertz CT molecular complexity index is 170. The van der Waals surface area contributed by atoms with E-state index < -0.39 is 0 Å². The summed E-state index contributed by atoms with van der Waals surface area (Å²) in [6, 6.07) is 0.724. The molecule has 0 aromatic heterocycles. The summed E-state index contributed by atoms with van der Waals surface area (Å²) in [5, 5.41) is 0. The number of hydrogen-bond acceptors (Lipinski definition) is 2. The monoisotopic (exact) mass is 186 g/mol. The Hall–Kier alpha value is -0.150. The fourth-order valence-corrected chi connectivity index (χ4v) is 1.78. The van der Waals surface area contributed by atoms with Crippen LogP contribution in [0.15, 0.2) is 0 Å². The molecule has 3 heteroatoms. The van der Waals surface area contributed by atoms with Gasteiger partial charge in [0.05, 0.1) is 4.99 Å². The van der Waals surface area contributed by atoms with Gasteiger partial charge in [0.2, 0.25) is 0 Å². The SMILES string of the molecule is CC(CN1CCCC1C)C(N)=S. The molecule has 0 aliphatic carbocycles. The predicted octanol–water partition coefficient (Wildman–Crippen LogP) is 1.39. The lowest BCUT2D eigenvalue weighted by Crippen LogP contribution is -2.35. The summed E-state index contributed by atoms with van der Waals surface area (Å²) in [6.45, 7) is 6.64. The van der Waals surface area contributed by atoms with E-state index in [-0.39, 0.29) is 0 Å². The van der Waals surface area contributed by atoms with Crippen molar-refractivity contribution < 1.29 is 0 Å². The number of likely N-dealkylation sites (tertiary alicyclic amines) is 1. The van der Waals surface area contributed by atoms with Gasteiger partial charge < -0.3 is 5.73 Å². The van der Waals surface area contributed by atoms with Crippen LogP contribution in [0, 0.1) is 5.92 Å². The van der Waals surface area contributed by atoms with E-state index in [1.54, 1.807) is 0 Å². The van der Waals surface area contributed by atoms with E-state index in [9.17, 15) is 0 Å². The first kappa shape index (κ1) is 9.93. The van der Waals surface area contributed by atoms with E-state index in [4.69, 9.17) is 18.0 Å². The molecule has 2 atom stereocenters. The number of nitrogens with two attached hydrogens (primary N) is 1. The lowest BCUT2D eigenvalue weighted by Gasteiger charge is -2.24. The average Bonchev–Trinajstić information content (AvgIpc) is 2.36. The van der Waals surface area contributed by atoms with Crippen LogP contribution in [0.5, 0.6) is 0 Å². The molecule has 0 bridgehead atoms. The summed E-state index contributed by atoms with van der Waals surface area (Å²) in [7, 11) is 0. The maximum Gasteiger partial charge on any atom is 0.0768 e. The standard InChI is InChI=1S/C9H18N2S/c1-7(9(10)12)6-11-5-3-4-8(11)2/h7-8H,3-6H2,1-2H3,(H2,10,12). The zero-order chi connectivity index (χ0) is 9.14. The van der Waals surface area contributed by atoms with Crippen molar-refractivity contribution in [3.63, 3.8) is 0 Å². The lowest BCUT2D eigenvalue weighted by atomic mass is 10.1. The molecule has 0 spiro atoms. The Labute approximate surface area is 80.1 Å². The first-order chi connectivity index (χ1) is 5.61. The Morgan fingerprint density at radius 2 is 2.42 bits per heavy atom. The molecule has 0 amide bonds. The van der Waals surface area contributed by atoms with Gasteiger partial charge in [0.15, 0.2) is 0 Å². The van der Waals surface area contributed by atoms with Gasteiger partial charge in [-0.15, -0.1) is 0 Å². The molecule has 2 unspecified atom stereocenters. The molecule has 70 valence electrons. The van der Waals surface area contributed by atoms with E-state index in [1.165, 1.54) is 19.4 Å². The van der Waals surface area contributed by atoms with E-state index >= 15 is 0 Å². The molecule has 12 heavy (non-hydrogen) atoms. The molecule has 0 saturated carbocycles. The van der Waals surface area contributed by atoms with Crippen LogP contribution in [0.4, 0.5) is 0 Å². The zero-order valence-electron chi connectivity index (χ0n) is 7.92. The van der Waals surface area contributed by atoms with Gasteiger partial charge in [0.1, 0.15) is 0 Å². The predicted molar refractivity (Wildman–Crippen MR) is 56.2 cm³/mol. The molecule has 1 fully saturated rings. The van der Waals surface area contributed by atoms with Crippen LogP contribution < -0.4 is 5.73 Å². The highest BCUT2D eigenvalue weighted by Gasteiger charge is 2.22. The number of hydrogen-bond donors (Lipinski definition) is 1. The summed E-state index contributed by atoms with van der Waals surface area (Å²) < 4.78 is 0. The third-order valence-corrected chi connectivity index (χ3v) is 3.09. The topological polar surface area (TPSA) is 29.3 Å². The third kappa shape index (κ3) is 2.42. The molecule has 1 aliphatic rings. The molecule has 1 saturated heterocycles. The van der Waals surface area contributed by atoms with Crippen LogP contribution in [0.3, 0.4) is 0 Å². The average molecular weight is 186 g/mol. The Morgan fingerprint density at radius 1 is 1.75 bits per heavy atom. The summed E-state index contributed by atoms with van der Waals surface area (Å²) in [5.41, 5.74) is 5.56. The minimum absolute atomic E-state index is 0.362. The molecule has 2 nitrogen and oxygen atoms in total. The van der Waals surface area contributed by atoms with E-state index in [0.717, 1.165) is 12.6 Å². The maximum absolute atomic E-state index is 5.56. The van der Waals surface area contributed by atoms with Crippen molar-refractivity contribution in [1.82, 2.24) is 4.90 Å². The molecule has 0 radical (unpaired) electrons. The number of thiocarbonyl (C=S) groups is 1.